The van der Waals surface area contributed by atoms with Gasteiger partial charge in [0.15, 0.2) is 12.2 Å². The second-order valence-electron chi connectivity index (χ2n) is 5.25. The lowest BCUT2D eigenvalue weighted by atomic mass is 9.96. The van der Waals surface area contributed by atoms with E-state index in [1.54, 1.807) is 19.9 Å². The summed E-state index contributed by atoms with van der Waals surface area (Å²) in [6, 6.07) is 7.17. The van der Waals surface area contributed by atoms with Crippen LogP contribution < -0.4 is 0 Å². The first-order valence-electron chi connectivity index (χ1n) is 7.90. The largest absolute Gasteiger partial charge is 0.438 e. The van der Waals surface area contributed by atoms with E-state index in [1.165, 1.54) is 36.1 Å². The third-order valence-electron chi connectivity index (χ3n) is 3.72. The predicted octanol–water partition coefficient (Wildman–Crippen LogP) is 3.18. The number of nitrogens with zero attached hydrogens (tertiary/aromatic N) is 1. The van der Waals surface area contributed by atoms with Gasteiger partial charge in [0, 0.05) is 13.1 Å². The highest BCUT2D eigenvalue weighted by Gasteiger charge is 2.50. The van der Waals surface area contributed by atoms with Crippen molar-refractivity contribution in [3.63, 3.8) is 0 Å². The van der Waals surface area contributed by atoms with E-state index < -0.39 is 30.0 Å². The minimum atomic E-state index is -4.06. The molecule has 1 aromatic carbocycles. The van der Waals surface area contributed by atoms with Crippen molar-refractivity contribution in [1.82, 2.24) is 4.90 Å². The molecule has 1 amide bonds. The molecular weight excluding hydrogens is 320 g/mol. The highest BCUT2D eigenvalue weighted by Crippen LogP contribution is 2.34. The number of ether oxygens (including phenoxy) is 1. The fourth-order valence-corrected chi connectivity index (χ4v) is 2.19. The highest BCUT2D eigenvalue weighted by atomic mass is 19.3. The minimum absolute atomic E-state index is 0.0826. The van der Waals surface area contributed by atoms with E-state index in [4.69, 9.17) is 4.74 Å². The summed E-state index contributed by atoms with van der Waals surface area (Å²) in [5, 5.41) is 9.88. The zero-order valence-corrected chi connectivity index (χ0v) is 14.0. The fraction of sp³-hybridized carbons (Fsp3) is 0.529. The third-order valence-corrected chi connectivity index (χ3v) is 3.72. The van der Waals surface area contributed by atoms with Crippen LogP contribution in [0.15, 0.2) is 30.3 Å². The van der Waals surface area contributed by atoms with Crippen LogP contribution in [-0.4, -0.2) is 47.0 Å². The van der Waals surface area contributed by atoms with Gasteiger partial charge in [0.2, 0.25) is 5.78 Å². The summed E-state index contributed by atoms with van der Waals surface area (Å²) in [4.78, 5) is 25.3. The number of aliphatic hydroxyl groups is 1. The number of halogens is 2. The zero-order valence-electron chi connectivity index (χ0n) is 14.0. The Balaban J connectivity index is 2.92. The van der Waals surface area contributed by atoms with Crippen LogP contribution in [0, 0.1) is 0 Å². The summed E-state index contributed by atoms with van der Waals surface area (Å²) in [5.74, 6) is -5.67. The maximum Gasteiger partial charge on any atom is 0.410 e. The first kappa shape index (κ1) is 20.0. The molecule has 0 aliphatic heterocycles. The normalized spacial score (nSPS) is 13.9. The van der Waals surface area contributed by atoms with Crippen LogP contribution in [0.3, 0.4) is 0 Å². The fourth-order valence-electron chi connectivity index (χ4n) is 2.19. The van der Waals surface area contributed by atoms with Crippen molar-refractivity contribution in [3.8, 4) is 0 Å². The molecule has 0 aliphatic carbocycles. The van der Waals surface area contributed by atoms with E-state index >= 15 is 0 Å². The maximum absolute atomic E-state index is 14.3. The van der Waals surface area contributed by atoms with Gasteiger partial charge < -0.3 is 14.7 Å². The van der Waals surface area contributed by atoms with Crippen LogP contribution >= 0.6 is 0 Å². The summed E-state index contributed by atoms with van der Waals surface area (Å²) in [6.45, 7) is 5.55. The van der Waals surface area contributed by atoms with E-state index in [2.05, 4.69) is 0 Å². The lowest BCUT2D eigenvalue weighted by Gasteiger charge is -2.27. The third kappa shape index (κ3) is 4.50. The van der Waals surface area contributed by atoms with Crippen molar-refractivity contribution in [2.24, 2.45) is 0 Å². The number of ketones is 1. The molecule has 0 heterocycles. The smallest absolute Gasteiger partial charge is 0.410 e. The van der Waals surface area contributed by atoms with E-state index in [0.717, 1.165) is 0 Å². The summed E-state index contributed by atoms with van der Waals surface area (Å²) >= 11 is 0. The Morgan fingerprint density at radius 2 is 1.71 bits per heavy atom. The molecule has 24 heavy (non-hydrogen) atoms. The van der Waals surface area contributed by atoms with Gasteiger partial charge >= 0.3 is 12.0 Å². The molecule has 1 rings (SSSR count). The predicted molar refractivity (Wildman–Crippen MR) is 84.8 cm³/mol. The summed E-state index contributed by atoms with van der Waals surface area (Å²) in [5.41, 5.74) is -0.0826. The Morgan fingerprint density at radius 1 is 1.17 bits per heavy atom. The monoisotopic (exact) mass is 343 g/mol. The van der Waals surface area contributed by atoms with Gasteiger partial charge in [-0.25, -0.2) is 4.79 Å². The Morgan fingerprint density at radius 3 is 2.17 bits per heavy atom. The number of carbonyl (C=O) groups is 2. The molecule has 5 nitrogen and oxygen atoms in total. The molecule has 2 atom stereocenters. The average molecular weight is 343 g/mol. The van der Waals surface area contributed by atoms with Gasteiger partial charge in [0.1, 0.15) is 0 Å². The Hall–Kier alpha value is -2.02. The number of rotatable bonds is 8. The van der Waals surface area contributed by atoms with Crippen LogP contribution in [-0.2, 0) is 9.53 Å². The number of aliphatic hydroxyl groups excluding tert-OH is 1. The second-order valence-corrected chi connectivity index (χ2v) is 5.25. The van der Waals surface area contributed by atoms with E-state index in [0.29, 0.717) is 13.1 Å². The van der Waals surface area contributed by atoms with Gasteiger partial charge in [-0.3, -0.25) is 4.79 Å². The van der Waals surface area contributed by atoms with Gasteiger partial charge in [0.25, 0.3) is 0 Å². The lowest BCUT2D eigenvalue weighted by Crippen LogP contribution is -2.46. The van der Waals surface area contributed by atoms with Gasteiger partial charge in [0.05, 0.1) is 0 Å². The summed E-state index contributed by atoms with van der Waals surface area (Å²) < 4.78 is 33.6. The van der Waals surface area contributed by atoms with E-state index in [1.807, 2.05) is 0 Å². The van der Waals surface area contributed by atoms with Crippen LogP contribution in [0.4, 0.5) is 13.6 Å². The second kappa shape index (κ2) is 8.73. The molecule has 0 saturated heterocycles. The number of carbonyl (C=O) groups excluding carboxylic acids is 2. The van der Waals surface area contributed by atoms with Crippen LogP contribution in [0.5, 0.6) is 0 Å². The molecule has 0 radical (unpaired) electrons. The van der Waals surface area contributed by atoms with Crippen LogP contribution in [0.1, 0.15) is 38.9 Å². The molecule has 2 unspecified atom stereocenters. The van der Waals surface area contributed by atoms with Crippen LogP contribution in [0.25, 0.3) is 0 Å². The molecule has 0 fully saturated rings. The highest BCUT2D eigenvalue weighted by molar-refractivity contribution is 5.91. The summed E-state index contributed by atoms with van der Waals surface area (Å²) in [6.07, 6.45) is -4.85. The quantitative estimate of drug-likeness (QED) is 0.787. The van der Waals surface area contributed by atoms with Crippen LogP contribution in [0.2, 0.25) is 0 Å². The minimum Gasteiger partial charge on any atom is -0.438 e. The van der Waals surface area contributed by atoms with Crippen molar-refractivity contribution in [2.45, 2.75) is 45.3 Å². The molecule has 0 saturated carbocycles. The molecule has 7 heteroatoms. The molecule has 0 spiro atoms. The van der Waals surface area contributed by atoms with Gasteiger partial charge in [-0.05, 0) is 25.8 Å². The number of benzene rings is 1. The number of amides is 1. The maximum atomic E-state index is 14.3. The molecule has 0 aliphatic rings. The number of alkyl halides is 2. The molecule has 0 aromatic heterocycles. The first-order valence-corrected chi connectivity index (χ1v) is 7.90. The van der Waals surface area contributed by atoms with Crippen molar-refractivity contribution in [3.05, 3.63) is 35.9 Å². The zero-order chi connectivity index (χ0) is 18.3. The molecule has 134 valence electrons. The van der Waals surface area contributed by atoms with Gasteiger partial charge in [-0.15, -0.1) is 0 Å². The summed E-state index contributed by atoms with van der Waals surface area (Å²) in [7, 11) is 0. The Labute approximate surface area is 140 Å². The Kier molecular flexibility index (Phi) is 7.28. The van der Waals surface area contributed by atoms with E-state index in [-0.39, 0.29) is 12.0 Å². The van der Waals surface area contributed by atoms with Gasteiger partial charge in [-0.1, -0.05) is 37.3 Å². The Bertz CT molecular complexity index is 547. The number of hydrogen-bond donors (Lipinski definition) is 1. The first-order chi connectivity index (χ1) is 11.3. The van der Waals surface area contributed by atoms with Crippen molar-refractivity contribution in [2.75, 3.05) is 13.1 Å². The van der Waals surface area contributed by atoms with Crippen molar-refractivity contribution in [1.29, 1.82) is 0 Å². The number of Topliss-reactive ketones (excluding diaryl/α,β-unsaturated/α-hetero) is 1. The van der Waals surface area contributed by atoms with Crippen molar-refractivity contribution >= 4 is 11.9 Å². The number of hydrogen-bond acceptors (Lipinski definition) is 4. The van der Waals surface area contributed by atoms with Gasteiger partial charge in [-0.2, -0.15) is 8.78 Å². The molecule has 1 N–H and O–H groups in total. The SMILES string of the molecule is CCC(OC(=O)N(CC)CC)C(=O)C(F)(F)C(O)c1ccccc1. The standard InChI is InChI=1S/C17H23F2NO4/c1-4-13(24-16(23)20(5-2)6-3)15(22)17(18,19)14(21)12-10-8-7-9-11-12/h7-11,13-14,21H,4-6H2,1-3H3. The molecule has 0 bridgehead atoms. The molecule has 1 aromatic rings. The van der Waals surface area contributed by atoms with Crippen molar-refractivity contribution < 1.29 is 28.2 Å². The lowest BCUT2D eigenvalue weighted by molar-refractivity contribution is -0.171. The topological polar surface area (TPSA) is 66.8 Å². The van der Waals surface area contributed by atoms with E-state index in [9.17, 15) is 23.5 Å². The average Bonchev–Trinajstić information content (AvgIpc) is 2.60. The molecular formula is C17H23F2NO4.